The molecule has 0 fully saturated rings. The monoisotopic (exact) mass is 327 g/mol. The molecule has 0 unspecified atom stereocenters. The number of ether oxygens (including phenoxy) is 2. The Morgan fingerprint density at radius 2 is 1.59 bits per heavy atom. The summed E-state index contributed by atoms with van der Waals surface area (Å²) in [6.45, 7) is 3.65. The Morgan fingerprint density at radius 3 is 1.91 bits per heavy atom. The summed E-state index contributed by atoms with van der Waals surface area (Å²) in [5.41, 5.74) is -2.27. The molecule has 9 heteroatoms. The lowest BCUT2D eigenvalue weighted by atomic mass is 9.89. The van der Waals surface area contributed by atoms with Gasteiger partial charge in [-0.2, -0.15) is 13.2 Å². The number of esters is 2. The highest BCUT2D eigenvalue weighted by molar-refractivity contribution is 6.06. The van der Waals surface area contributed by atoms with Gasteiger partial charge in [0.05, 0.1) is 19.1 Å². The Morgan fingerprint density at radius 1 is 1.14 bits per heavy atom. The van der Waals surface area contributed by atoms with E-state index in [1.807, 2.05) is 5.32 Å². The zero-order valence-electron chi connectivity index (χ0n) is 12.7. The van der Waals surface area contributed by atoms with Crippen molar-refractivity contribution in [2.45, 2.75) is 45.3 Å². The van der Waals surface area contributed by atoms with Crippen molar-refractivity contribution in [2.75, 3.05) is 13.2 Å². The van der Waals surface area contributed by atoms with Gasteiger partial charge in [0, 0.05) is 0 Å². The number of carbonyl (C=O) groups excluding carboxylic acids is 3. The van der Waals surface area contributed by atoms with Gasteiger partial charge in [-0.1, -0.05) is 6.92 Å². The van der Waals surface area contributed by atoms with E-state index in [9.17, 15) is 27.6 Å². The Kier molecular flexibility index (Phi) is 7.89. The molecule has 0 rings (SSSR count). The van der Waals surface area contributed by atoms with Gasteiger partial charge in [-0.3, -0.25) is 4.79 Å². The van der Waals surface area contributed by atoms with Crippen LogP contribution in [0.4, 0.5) is 13.2 Å². The second-order valence-corrected chi connectivity index (χ2v) is 4.59. The van der Waals surface area contributed by atoms with Crippen LogP contribution in [-0.2, 0) is 23.9 Å². The maximum absolute atomic E-state index is 12.6. The van der Waals surface area contributed by atoms with Crippen LogP contribution in [0.2, 0.25) is 0 Å². The molecular weight excluding hydrogens is 307 g/mol. The number of nitrogens with one attached hydrogen (secondary N) is 1. The molecule has 1 amide bonds. The number of carbonyl (C=O) groups is 3. The molecule has 0 aromatic rings. The Balaban J connectivity index is 5.39. The van der Waals surface area contributed by atoms with Crippen molar-refractivity contribution in [1.29, 1.82) is 0 Å². The minimum absolute atomic E-state index is 0.0616. The van der Waals surface area contributed by atoms with Crippen LogP contribution in [0.3, 0.4) is 0 Å². The fraction of sp³-hybridized carbons (Fsp3) is 0.769. The first-order chi connectivity index (χ1) is 10.2. The zero-order valence-corrected chi connectivity index (χ0v) is 12.7. The van der Waals surface area contributed by atoms with Gasteiger partial charge in [0.25, 0.3) is 0 Å². The lowest BCUT2D eigenvalue weighted by Crippen LogP contribution is -2.59. The van der Waals surface area contributed by atoms with Gasteiger partial charge in [0.15, 0.2) is 0 Å². The standard InChI is InChI=1S/C13H20F3NO5/c1-4-21-10(19)12(17-8-18,11(20)22-5-2)7-6-9(3)13(14,15)16/h8-9H,4-7H2,1-3H3,(H,17,18)/t9-/m0/s1. The fourth-order valence-electron chi connectivity index (χ4n) is 1.68. The normalized spacial score (nSPS) is 13.2. The van der Waals surface area contributed by atoms with Crippen LogP contribution >= 0.6 is 0 Å². The number of hydrogen-bond donors (Lipinski definition) is 1. The number of hydrogen-bond acceptors (Lipinski definition) is 5. The molecule has 0 bridgehead atoms. The lowest BCUT2D eigenvalue weighted by molar-refractivity contribution is -0.178. The third-order valence-corrected chi connectivity index (χ3v) is 3.06. The van der Waals surface area contributed by atoms with E-state index in [4.69, 9.17) is 9.47 Å². The summed E-state index contributed by atoms with van der Waals surface area (Å²) in [5, 5.41) is 1.98. The van der Waals surface area contributed by atoms with Gasteiger partial charge >= 0.3 is 18.1 Å². The van der Waals surface area contributed by atoms with Crippen molar-refractivity contribution >= 4 is 18.3 Å². The molecule has 0 radical (unpaired) electrons. The Labute approximate surface area is 126 Å². The van der Waals surface area contributed by atoms with Crippen molar-refractivity contribution in [1.82, 2.24) is 5.32 Å². The van der Waals surface area contributed by atoms with Crippen molar-refractivity contribution in [3.05, 3.63) is 0 Å². The molecule has 1 atom stereocenters. The summed E-state index contributed by atoms with van der Waals surface area (Å²) in [4.78, 5) is 34.7. The van der Waals surface area contributed by atoms with Gasteiger partial charge in [0.2, 0.25) is 11.9 Å². The average molecular weight is 327 g/mol. The maximum atomic E-state index is 12.6. The summed E-state index contributed by atoms with van der Waals surface area (Å²) in [6.07, 6.45) is -5.55. The zero-order chi connectivity index (χ0) is 17.4. The van der Waals surface area contributed by atoms with Gasteiger partial charge in [-0.25, -0.2) is 9.59 Å². The SMILES string of the molecule is CCOC(=O)C(CC[C@H](C)C(F)(F)F)(NC=O)C(=O)OCC. The smallest absolute Gasteiger partial charge is 0.391 e. The van der Waals surface area contributed by atoms with Gasteiger partial charge in [-0.05, 0) is 26.7 Å². The van der Waals surface area contributed by atoms with Gasteiger partial charge < -0.3 is 14.8 Å². The number of rotatable bonds is 9. The minimum atomic E-state index is -4.48. The Bertz CT molecular complexity index is 380. The van der Waals surface area contributed by atoms with E-state index in [2.05, 4.69) is 0 Å². The molecule has 0 aromatic carbocycles. The first kappa shape index (κ1) is 20.2. The van der Waals surface area contributed by atoms with E-state index in [-0.39, 0.29) is 19.6 Å². The molecule has 0 aliphatic rings. The van der Waals surface area contributed by atoms with Gasteiger partial charge in [0.1, 0.15) is 0 Å². The van der Waals surface area contributed by atoms with Crippen LogP contribution in [0.1, 0.15) is 33.6 Å². The molecule has 0 saturated carbocycles. The number of halogens is 3. The summed E-state index contributed by atoms with van der Waals surface area (Å²) in [7, 11) is 0. The summed E-state index contributed by atoms with van der Waals surface area (Å²) in [5.74, 6) is -4.05. The molecule has 0 saturated heterocycles. The molecule has 128 valence electrons. The first-order valence-electron chi connectivity index (χ1n) is 6.78. The van der Waals surface area contributed by atoms with E-state index in [1.54, 1.807) is 0 Å². The molecule has 0 aromatic heterocycles. The lowest BCUT2D eigenvalue weighted by Gasteiger charge is -2.29. The van der Waals surface area contributed by atoms with E-state index < -0.39 is 42.4 Å². The number of alkyl halides is 3. The topological polar surface area (TPSA) is 81.7 Å². The molecule has 6 nitrogen and oxygen atoms in total. The Hall–Kier alpha value is -1.80. The quantitative estimate of drug-likeness (QED) is 0.395. The van der Waals surface area contributed by atoms with Crippen LogP contribution in [0.5, 0.6) is 0 Å². The van der Waals surface area contributed by atoms with E-state index in [0.29, 0.717) is 0 Å². The first-order valence-corrected chi connectivity index (χ1v) is 6.78. The highest BCUT2D eigenvalue weighted by atomic mass is 19.4. The molecular formula is C13H20F3NO5. The van der Waals surface area contributed by atoms with Crippen LogP contribution in [0.25, 0.3) is 0 Å². The molecule has 0 aliphatic carbocycles. The van der Waals surface area contributed by atoms with E-state index in [0.717, 1.165) is 6.92 Å². The van der Waals surface area contributed by atoms with E-state index in [1.165, 1.54) is 13.8 Å². The molecule has 0 heterocycles. The predicted octanol–water partition coefficient (Wildman–Crippen LogP) is 1.58. The highest BCUT2D eigenvalue weighted by Crippen LogP contribution is 2.31. The van der Waals surface area contributed by atoms with Crippen LogP contribution in [-0.4, -0.2) is 43.3 Å². The summed E-state index contributed by atoms with van der Waals surface area (Å²) in [6, 6.07) is 0. The minimum Gasteiger partial charge on any atom is -0.464 e. The predicted molar refractivity (Wildman–Crippen MR) is 69.6 cm³/mol. The van der Waals surface area contributed by atoms with Crippen LogP contribution in [0, 0.1) is 5.92 Å². The van der Waals surface area contributed by atoms with Crippen molar-refractivity contribution in [3.63, 3.8) is 0 Å². The van der Waals surface area contributed by atoms with Crippen LogP contribution < -0.4 is 5.32 Å². The third kappa shape index (κ3) is 5.19. The fourth-order valence-corrected chi connectivity index (χ4v) is 1.68. The maximum Gasteiger partial charge on any atom is 0.391 e. The van der Waals surface area contributed by atoms with E-state index >= 15 is 0 Å². The summed E-state index contributed by atoms with van der Waals surface area (Å²) >= 11 is 0. The van der Waals surface area contributed by atoms with Crippen LogP contribution in [0.15, 0.2) is 0 Å². The van der Waals surface area contributed by atoms with Crippen molar-refractivity contribution in [2.24, 2.45) is 5.92 Å². The average Bonchev–Trinajstić information content (AvgIpc) is 2.42. The second-order valence-electron chi connectivity index (χ2n) is 4.59. The van der Waals surface area contributed by atoms with Crippen molar-refractivity contribution in [3.8, 4) is 0 Å². The van der Waals surface area contributed by atoms with Gasteiger partial charge in [-0.15, -0.1) is 0 Å². The summed E-state index contributed by atoms with van der Waals surface area (Å²) < 4.78 is 47.2. The third-order valence-electron chi connectivity index (χ3n) is 3.06. The largest absolute Gasteiger partial charge is 0.464 e. The molecule has 1 N–H and O–H groups in total. The molecule has 0 spiro atoms. The number of amides is 1. The molecule has 22 heavy (non-hydrogen) atoms. The highest BCUT2D eigenvalue weighted by Gasteiger charge is 2.50. The van der Waals surface area contributed by atoms with Crippen molar-refractivity contribution < 1.29 is 37.0 Å². The second kappa shape index (κ2) is 8.60. The molecule has 0 aliphatic heterocycles.